The van der Waals surface area contributed by atoms with Crippen LogP contribution in [0.2, 0.25) is 0 Å². The van der Waals surface area contributed by atoms with Gasteiger partial charge in [-0.05, 0) is 51.4 Å². The SMILES string of the molecule is CCCCC/C=C\C/C=C\CCCCCCCCO[C@@H]1O[C@H](COCC(O)C[N+](C)(C)CCCCCCCCCCCC)[C@@H](O)[C@H](O)[C@H]1O.[Cl-]. The zero-order valence-electron chi connectivity index (χ0n) is 32.7. The number of aliphatic hydroxyl groups is 4. The van der Waals surface area contributed by atoms with Crippen LogP contribution in [0.1, 0.15) is 155 Å². The Morgan fingerprint density at radius 2 is 1.14 bits per heavy atom. The van der Waals surface area contributed by atoms with Crippen LogP contribution in [0.5, 0.6) is 0 Å². The van der Waals surface area contributed by atoms with Crippen LogP contribution < -0.4 is 12.4 Å². The number of hydrogen-bond donors (Lipinski definition) is 4. The fraction of sp³-hybridized carbons (Fsp3) is 0.902. The summed E-state index contributed by atoms with van der Waals surface area (Å²) in [7, 11) is 4.28. The Hall–Kier alpha value is -0.550. The number of quaternary nitrogens is 1. The van der Waals surface area contributed by atoms with Crippen molar-refractivity contribution in [3.05, 3.63) is 24.3 Å². The molecule has 4 N–H and O–H groups in total. The van der Waals surface area contributed by atoms with Crippen molar-refractivity contribution in [3.63, 3.8) is 0 Å². The molecular weight excluding hydrogens is 654 g/mol. The molecule has 0 saturated carbocycles. The van der Waals surface area contributed by atoms with E-state index in [1.165, 1.54) is 103 Å². The predicted octanol–water partition coefficient (Wildman–Crippen LogP) is 5.00. The topological polar surface area (TPSA) is 109 Å². The van der Waals surface area contributed by atoms with Gasteiger partial charge in [-0.2, -0.15) is 0 Å². The van der Waals surface area contributed by atoms with Crippen LogP contribution in [0.4, 0.5) is 0 Å². The van der Waals surface area contributed by atoms with Gasteiger partial charge in [-0.25, -0.2) is 0 Å². The number of allylic oxidation sites excluding steroid dienone is 4. The highest BCUT2D eigenvalue weighted by Gasteiger charge is 2.44. The van der Waals surface area contributed by atoms with E-state index in [1.807, 2.05) is 0 Å². The largest absolute Gasteiger partial charge is 1.00 e. The van der Waals surface area contributed by atoms with Crippen LogP contribution in [-0.2, 0) is 14.2 Å². The monoisotopic (exact) mass is 734 g/mol. The molecule has 0 aliphatic carbocycles. The minimum atomic E-state index is -1.38. The van der Waals surface area contributed by atoms with Crippen molar-refractivity contribution < 1.29 is 51.5 Å². The molecule has 9 heteroatoms. The molecule has 8 nitrogen and oxygen atoms in total. The van der Waals surface area contributed by atoms with Crippen LogP contribution in [0.15, 0.2) is 24.3 Å². The fourth-order valence-electron chi connectivity index (χ4n) is 6.54. The highest BCUT2D eigenvalue weighted by Crippen LogP contribution is 2.23. The summed E-state index contributed by atoms with van der Waals surface area (Å²) in [5.74, 6) is 0. The van der Waals surface area contributed by atoms with E-state index in [0.29, 0.717) is 13.2 Å². The summed E-state index contributed by atoms with van der Waals surface area (Å²) in [5.41, 5.74) is 0. The first-order chi connectivity index (χ1) is 23.7. The third-order valence-electron chi connectivity index (χ3n) is 9.71. The first-order valence-corrected chi connectivity index (χ1v) is 20.4. The first kappa shape index (κ1) is 49.5. The molecule has 0 radical (unpaired) electrons. The van der Waals surface area contributed by atoms with E-state index in [-0.39, 0.29) is 25.6 Å². The maximum absolute atomic E-state index is 10.6. The number of ether oxygens (including phenoxy) is 3. The number of likely N-dealkylation sites (N-methyl/N-ethyl adjacent to an activating group) is 1. The lowest BCUT2D eigenvalue weighted by molar-refractivity contribution is -0.893. The Morgan fingerprint density at radius 3 is 1.74 bits per heavy atom. The quantitative estimate of drug-likeness (QED) is 0.0427. The van der Waals surface area contributed by atoms with E-state index >= 15 is 0 Å². The minimum absolute atomic E-state index is 0. The van der Waals surface area contributed by atoms with E-state index in [1.54, 1.807) is 0 Å². The molecule has 1 fully saturated rings. The molecule has 1 rings (SSSR count). The molecule has 50 heavy (non-hydrogen) atoms. The lowest BCUT2D eigenvalue weighted by Crippen LogP contribution is -3.00. The van der Waals surface area contributed by atoms with E-state index in [4.69, 9.17) is 14.2 Å². The molecule has 1 heterocycles. The second-order valence-corrected chi connectivity index (χ2v) is 15.2. The number of hydrogen-bond acceptors (Lipinski definition) is 7. The van der Waals surface area contributed by atoms with Gasteiger partial charge >= 0.3 is 0 Å². The first-order valence-electron chi connectivity index (χ1n) is 20.4. The van der Waals surface area contributed by atoms with Gasteiger partial charge in [-0.15, -0.1) is 0 Å². The Labute approximate surface area is 314 Å². The lowest BCUT2D eigenvalue weighted by Gasteiger charge is -2.40. The minimum Gasteiger partial charge on any atom is -1.00 e. The summed E-state index contributed by atoms with van der Waals surface area (Å²) in [6, 6.07) is 0. The normalized spacial score (nSPS) is 22.0. The van der Waals surface area contributed by atoms with Crippen molar-refractivity contribution in [1.82, 2.24) is 0 Å². The molecule has 0 aromatic heterocycles. The van der Waals surface area contributed by atoms with Crippen LogP contribution >= 0.6 is 0 Å². The number of rotatable bonds is 33. The Bertz CT molecular complexity index is 799. The Kier molecular flexibility index (Phi) is 32.7. The average molecular weight is 735 g/mol. The standard InChI is InChI=1S/C41H80NO7.ClH/c1-5-7-9-11-13-15-17-18-19-20-21-22-24-26-28-30-32-48-41-40(46)39(45)38(44)37(49-41)35-47-34-36(43)33-42(3,4)31-29-27-25-23-16-14-12-10-8-6-2;/h13,15,18-19,36-41,43-46H,5-12,14,16-17,20-35H2,1-4H3;1H/q+1;/p-1/b15-13-,19-18-;/t36?,37-,38-,39+,40-,41-;/m1./s1. The van der Waals surface area contributed by atoms with Crippen molar-refractivity contribution in [2.24, 2.45) is 0 Å². The molecular formula is C41H80ClNO7. The number of aliphatic hydroxyl groups excluding tert-OH is 4. The van der Waals surface area contributed by atoms with Crippen LogP contribution in [0, 0.1) is 0 Å². The van der Waals surface area contributed by atoms with Crippen molar-refractivity contribution >= 4 is 0 Å². The zero-order chi connectivity index (χ0) is 36.0. The van der Waals surface area contributed by atoms with Gasteiger partial charge in [0, 0.05) is 6.61 Å². The molecule has 1 saturated heterocycles. The van der Waals surface area contributed by atoms with Crippen LogP contribution in [-0.4, -0.2) is 109 Å². The van der Waals surface area contributed by atoms with E-state index < -0.39 is 36.8 Å². The summed E-state index contributed by atoms with van der Waals surface area (Å²) in [5, 5.41) is 41.9. The van der Waals surface area contributed by atoms with Crippen molar-refractivity contribution in [3.8, 4) is 0 Å². The smallest absolute Gasteiger partial charge is 0.186 e. The molecule has 0 aromatic carbocycles. The van der Waals surface area contributed by atoms with E-state index in [2.05, 4.69) is 52.2 Å². The third-order valence-corrected chi connectivity index (χ3v) is 9.71. The molecule has 0 spiro atoms. The van der Waals surface area contributed by atoms with Crippen molar-refractivity contribution in [2.45, 2.75) is 192 Å². The summed E-state index contributed by atoms with van der Waals surface area (Å²) in [6.45, 7) is 6.61. The van der Waals surface area contributed by atoms with Gasteiger partial charge in [0.25, 0.3) is 0 Å². The third kappa shape index (κ3) is 26.3. The molecule has 0 amide bonds. The zero-order valence-corrected chi connectivity index (χ0v) is 33.5. The van der Waals surface area contributed by atoms with Gasteiger partial charge in [-0.1, -0.05) is 128 Å². The van der Waals surface area contributed by atoms with Gasteiger partial charge in [0.2, 0.25) is 0 Å². The molecule has 0 bridgehead atoms. The highest BCUT2D eigenvalue weighted by atomic mass is 35.5. The maximum Gasteiger partial charge on any atom is 0.186 e. The van der Waals surface area contributed by atoms with Gasteiger partial charge in [0.05, 0.1) is 33.9 Å². The van der Waals surface area contributed by atoms with Crippen molar-refractivity contribution in [1.29, 1.82) is 0 Å². The molecule has 0 aromatic rings. The van der Waals surface area contributed by atoms with Gasteiger partial charge < -0.3 is 51.5 Å². The van der Waals surface area contributed by atoms with Crippen LogP contribution in [0.3, 0.4) is 0 Å². The second kappa shape index (κ2) is 33.1. The fourth-order valence-corrected chi connectivity index (χ4v) is 6.54. The summed E-state index contributed by atoms with van der Waals surface area (Å²) < 4.78 is 18.0. The second-order valence-electron chi connectivity index (χ2n) is 15.2. The lowest BCUT2D eigenvalue weighted by atomic mass is 9.99. The van der Waals surface area contributed by atoms with E-state index in [0.717, 1.165) is 49.6 Å². The molecule has 298 valence electrons. The van der Waals surface area contributed by atoms with Gasteiger partial charge in [-0.3, -0.25) is 0 Å². The van der Waals surface area contributed by atoms with Crippen molar-refractivity contribution in [2.75, 3.05) is 47.0 Å². The number of unbranched alkanes of at least 4 members (excludes halogenated alkanes) is 18. The summed E-state index contributed by atoms with van der Waals surface area (Å²) in [4.78, 5) is 0. The highest BCUT2D eigenvalue weighted by molar-refractivity contribution is 4.92. The average Bonchev–Trinajstić information content (AvgIpc) is 3.07. The molecule has 1 unspecified atom stereocenters. The molecule has 1 aliphatic heterocycles. The Balaban J connectivity index is 0.0000240. The summed E-state index contributed by atoms with van der Waals surface area (Å²) in [6.07, 6.45) is 29.6. The maximum atomic E-state index is 10.6. The van der Waals surface area contributed by atoms with Gasteiger partial charge in [0.1, 0.15) is 37.1 Å². The molecule has 6 atom stereocenters. The number of nitrogens with zero attached hydrogens (tertiary/aromatic N) is 1. The van der Waals surface area contributed by atoms with E-state index in [9.17, 15) is 20.4 Å². The predicted molar refractivity (Wildman–Crippen MR) is 203 cm³/mol. The van der Waals surface area contributed by atoms with Gasteiger partial charge in [0.15, 0.2) is 6.29 Å². The number of halogens is 1. The van der Waals surface area contributed by atoms with Crippen LogP contribution in [0.25, 0.3) is 0 Å². The summed E-state index contributed by atoms with van der Waals surface area (Å²) >= 11 is 0. The Morgan fingerprint density at radius 1 is 0.640 bits per heavy atom. The molecule has 1 aliphatic rings.